The zero-order valence-corrected chi connectivity index (χ0v) is 15.9. The fourth-order valence-corrected chi connectivity index (χ4v) is 4.74. The van der Waals surface area contributed by atoms with Crippen molar-refractivity contribution in [3.8, 4) is 0 Å². The molecule has 0 saturated carbocycles. The molecule has 2 N–H and O–H groups in total. The van der Waals surface area contributed by atoms with E-state index in [2.05, 4.69) is 15.5 Å². The van der Waals surface area contributed by atoms with Crippen LogP contribution in [0.25, 0.3) is 0 Å². The maximum absolute atomic E-state index is 12.8. The number of sulfonamides is 1. The Bertz CT molecular complexity index is 682. The van der Waals surface area contributed by atoms with Crippen LogP contribution in [0.2, 0.25) is 0 Å². The Labute approximate surface area is 155 Å². The zero-order valence-electron chi connectivity index (χ0n) is 14.3. The molecule has 0 radical (unpaired) electrons. The Morgan fingerprint density at radius 2 is 1.80 bits per heavy atom. The van der Waals surface area contributed by atoms with Gasteiger partial charge < -0.3 is 10.6 Å². The molecule has 2 aliphatic heterocycles. The molecule has 140 valence electrons. The number of carbonyl (C=O) groups is 1. The number of piperazine rings is 1. The molecule has 25 heavy (non-hydrogen) atoms. The second-order valence-corrected chi connectivity index (χ2v) is 8.23. The number of benzene rings is 1. The Hall–Kier alpha value is -1.19. The number of carbonyl (C=O) groups excluding carboxylic acids is 1. The Morgan fingerprint density at radius 3 is 2.32 bits per heavy atom. The van der Waals surface area contributed by atoms with Gasteiger partial charge in [0.1, 0.15) is 0 Å². The van der Waals surface area contributed by atoms with Crippen LogP contribution in [0.5, 0.6) is 0 Å². The lowest BCUT2D eigenvalue weighted by Gasteiger charge is -2.37. The zero-order chi connectivity index (χ0) is 17.2. The van der Waals surface area contributed by atoms with Gasteiger partial charge in [-0.25, -0.2) is 8.42 Å². The van der Waals surface area contributed by atoms with Crippen LogP contribution in [-0.4, -0.2) is 68.8 Å². The van der Waals surface area contributed by atoms with Crippen LogP contribution in [0.3, 0.4) is 0 Å². The van der Waals surface area contributed by atoms with E-state index in [-0.39, 0.29) is 23.2 Å². The summed E-state index contributed by atoms with van der Waals surface area (Å²) >= 11 is 0. The van der Waals surface area contributed by atoms with Crippen molar-refractivity contribution in [1.82, 2.24) is 14.5 Å². The smallest absolute Gasteiger partial charge is 0.243 e. The quantitative estimate of drug-likeness (QED) is 0.794. The molecule has 0 bridgehead atoms. The maximum atomic E-state index is 12.8. The second-order valence-electron chi connectivity index (χ2n) is 6.29. The average molecular weight is 389 g/mol. The minimum Gasteiger partial charge on any atom is -0.326 e. The van der Waals surface area contributed by atoms with Gasteiger partial charge in [-0.3, -0.25) is 9.69 Å². The fourth-order valence-electron chi connectivity index (χ4n) is 3.32. The minimum atomic E-state index is -3.48. The first kappa shape index (κ1) is 20.1. The molecule has 7 nitrogen and oxygen atoms in total. The van der Waals surface area contributed by atoms with Crippen molar-refractivity contribution in [3.63, 3.8) is 0 Å². The van der Waals surface area contributed by atoms with Gasteiger partial charge in [-0.1, -0.05) is 0 Å². The molecule has 1 atom stereocenters. The highest BCUT2D eigenvalue weighted by Crippen LogP contribution is 2.21. The Morgan fingerprint density at radius 1 is 1.16 bits per heavy atom. The molecule has 0 aliphatic carbocycles. The van der Waals surface area contributed by atoms with Crippen LogP contribution in [0, 0.1) is 0 Å². The molecule has 0 spiro atoms. The first-order chi connectivity index (χ1) is 11.5. The van der Waals surface area contributed by atoms with Gasteiger partial charge in [0.25, 0.3) is 0 Å². The van der Waals surface area contributed by atoms with E-state index in [0.29, 0.717) is 24.8 Å². The SMILES string of the molecule is CC(=O)Nc1ccc(S(=O)(=O)N2CCN(C3CCNC3)CC2)cc1.Cl. The molecule has 2 fully saturated rings. The largest absolute Gasteiger partial charge is 0.326 e. The summed E-state index contributed by atoms with van der Waals surface area (Å²) in [7, 11) is -3.48. The molecule has 2 heterocycles. The van der Waals surface area contributed by atoms with Gasteiger partial charge >= 0.3 is 0 Å². The summed E-state index contributed by atoms with van der Waals surface area (Å²) in [4.78, 5) is 13.7. The van der Waals surface area contributed by atoms with Gasteiger partial charge in [-0.05, 0) is 37.2 Å². The molecule has 9 heteroatoms. The van der Waals surface area contributed by atoms with Crippen LogP contribution in [0.1, 0.15) is 13.3 Å². The summed E-state index contributed by atoms with van der Waals surface area (Å²) in [5, 5.41) is 5.99. The third-order valence-electron chi connectivity index (χ3n) is 4.64. The van der Waals surface area contributed by atoms with Gasteiger partial charge in [-0.2, -0.15) is 4.31 Å². The average Bonchev–Trinajstić information content (AvgIpc) is 3.09. The molecule has 1 aromatic carbocycles. The molecule has 0 aromatic heterocycles. The van der Waals surface area contributed by atoms with Crippen LogP contribution in [0.4, 0.5) is 5.69 Å². The molecule has 2 aliphatic rings. The van der Waals surface area contributed by atoms with Crippen LogP contribution in [0.15, 0.2) is 29.2 Å². The molecular weight excluding hydrogens is 364 g/mol. The predicted octanol–water partition coefficient (Wildman–Crippen LogP) is 0.735. The lowest BCUT2D eigenvalue weighted by Crippen LogP contribution is -2.52. The van der Waals surface area contributed by atoms with Crippen molar-refractivity contribution < 1.29 is 13.2 Å². The number of halogens is 1. The van der Waals surface area contributed by atoms with Crippen LogP contribution in [-0.2, 0) is 14.8 Å². The number of rotatable bonds is 4. The number of nitrogens with zero attached hydrogens (tertiary/aromatic N) is 2. The summed E-state index contributed by atoms with van der Waals surface area (Å²) in [6.07, 6.45) is 1.14. The van der Waals surface area contributed by atoms with Crippen molar-refractivity contribution in [2.75, 3.05) is 44.6 Å². The van der Waals surface area contributed by atoms with Gasteiger partial charge in [-0.15, -0.1) is 12.4 Å². The van der Waals surface area contributed by atoms with Crippen LogP contribution < -0.4 is 10.6 Å². The molecule has 1 unspecified atom stereocenters. The number of hydrogen-bond acceptors (Lipinski definition) is 5. The van der Waals surface area contributed by atoms with Crippen molar-refractivity contribution in [3.05, 3.63) is 24.3 Å². The van der Waals surface area contributed by atoms with E-state index in [1.165, 1.54) is 6.92 Å². The van der Waals surface area contributed by atoms with Gasteiger partial charge in [0, 0.05) is 51.4 Å². The summed E-state index contributed by atoms with van der Waals surface area (Å²) < 4.78 is 27.1. The lowest BCUT2D eigenvalue weighted by atomic mass is 10.2. The van der Waals surface area contributed by atoms with Crippen molar-refractivity contribution in [2.24, 2.45) is 0 Å². The standard InChI is InChI=1S/C16H24N4O3S.ClH/c1-13(21)18-14-2-4-16(5-3-14)24(22,23)20-10-8-19(9-11-20)15-6-7-17-12-15;/h2-5,15,17H,6-12H2,1H3,(H,18,21);1H. The van der Waals surface area contributed by atoms with Gasteiger partial charge in [0.05, 0.1) is 4.90 Å². The maximum Gasteiger partial charge on any atom is 0.243 e. The number of nitrogens with one attached hydrogen (secondary N) is 2. The highest BCUT2D eigenvalue weighted by atomic mass is 35.5. The van der Waals surface area contributed by atoms with E-state index < -0.39 is 10.0 Å². The monoisotopic (exact) mass is 388 g/mol. The Balaban J connectivity index is 0.00000225. The van der Waals surface area contributed by atoms with E-state index in [1.54, 1.807) is 28.6 Å². The molecule has 3 rings (SSSR count). The minimum absolute atomic E-state index is 0. The molecule has 2 saturated heterocycles. The topological polar surface area (TPSA) is 81.8 Å². The molecular formula is C16H25ClN4O3S. The third-order valence-corrected chi connectivity index (χ3v) is 6.55. The fraction of sp³-hybridized carbons (Fsp3) is 0.562. The van der Waals surface area contributed by atoms with E-state index in [9.17, 15) is 13.2 Å². The third kappa shape index (κ3) is 4.71. The summed E-state index contributed by atoms with van der Waals surface area (Å²) in [6.45, 7) is 6.05. The second kappa shape index (κ2) is 8.46. The van der Waals surface area contributed by atoms with E-state index >= 15 is 0 Å². The van der Waals surface area contributed by atoms with Crippen molar-refractivity contribution >= 4 is 34.0 Å². The summed E-state index contributed by atoms with van der Waals surface area (Å²) in [6, 6.07) is 6.87. The number of hydrogen-bond donors (Lipinski definition) is 2. The normalized spacial score (nSPS) is 22.4. The highest BCUT2D eigenvalue weighted by Gasteiger charge is 2.31. The van der Waals surface area contributed by atoms with E-state index in [4.69, 9.17) is 0 Å². The molecule has 1 aromatic rings. The number of anilines is 1. The van der Waals surface area contributed by atoms with E-state index in [1.807, 2.05) is 0 Å². The van der Waals surface area contributed by atoms with Gasteiger partial charge in [0.15, 0.2) is 0 Å². The lowest BCUT2D eigenvalue weighted by molar-refractivity contribution is -0.114. The van der Waals surface area contributed by atoms with Crippen LogP contribution >= 0.6 is 12.4 Å². The van der Waals surface area contributed by atoms with Crippen molar-refractivity contribution in [2.45, 2.75) is 24.3 Å². The summed E-state index contributed by atoms with van der Waals surface area (Å²) in [5.41, 5.74) is 0.597. The first-order valence-electron chi connectivity index (χ1n) is 8.29. The first-order valence-corrected chi connectivity index (χ1v) is 9.73. The molecule has 1 amide bonds. The van der Waals surface area contributed by atoms with Gasteiger partial charge in [0.2, 0.25) is 15.9 Å². The van der Waals surface area contributed by atoms with Crippen molar-refractivity contribution in [1.29, 1.82) is 0 Å². The number of amides is 1. The predicted molar refractivity (Wildman–Crippen MR) is 99.6 cm³/mol. The highest BCUT2D eigenvalue weighted by molar-refractivity contribution is 7.89. The summed E-state index contributed by atoms with van der Waals surface area (Å²) in [5.74, 6) is -0.178. The Kier molecular flexibility index (Phi) is 6.81. The van der Waals surface area contributed by atoms with E-state index in [0.717, 1.165) is 32.6 Å².